The molecule has 0 bridgehead atoms. The van der Waals surface area contributed by atoms with Crippen LogP contribution in [0.2, 0.25) is 0 Å². The third-order valence-electron chi connectivity index (χ3n) is 4.18. The highest BCUT2D eigenvalue weighted by Gasteiger charge is 2.30. The Bertz CT molecular complexity index is 679. The summed E-state index contributed by atoms with van der Waals surface area (Å²) < 4.78 is 43.0. The van der Waals surface area contributed by atoms with Crippen LogP contribution in [0, 0.1) is 0 Å². The van der Waals surface area contributed by atoms with E-state index >= 15 is 0 Å². The van der Waals surface area contributed by atoms with Gasteiger partial charge < -0.3 is 9.63 Å². The van der Waals surface area contributed by atoms with Crippen molar-refractivity contribution in [3.8, 4) is 11.4 Å². The molecule has 9 heteroatoms. The van der Waals surface area contributed by atoms with E-state index in [2.05, 4.69) is 19.9 Å². The largest absolute Gasteiger partial charge is 0.416 e. The maximum absolute atomic E-state index is 12.6. The van der Waals surface area contributed by atoms with Crippen molar-refractivity contribution in [1.82, 2.24) is 19.9 Å². The Morgan fingerprint density at radius 2 is 1.68 bits per heavy atom. The summed E-state index contributed by atoms with van der Waals surface area (Å²) in [6, 6.07) is 4.69. The van der Waals surface area contributed by atoms with Crippen molar-refractivity contribution >= 4 is 0 Å². The number of piperazine rings is 1. The highest BCUT2D eigenvalue weighted by atomic mass is 19.4. The van der Waals surface area contributed by atoms with Gasteiger partial charge in [-0.3, -0.25) is 9.80 Å². The summed E-state index contributed by atoms with van der Waals surface area (Å²) in [5.74, 6) is 0.716. The molecular weight excluding hydrogens is 337 g/mol. The number of aliphatic hydroxyl groups excluding tert-OH is 1. The van der Waals surface area contributed by atoms with Crippen molar-refractivity contribution in [2.45, 2.75) is 12.7 Å². The second-order valence-electron chi connectivity index (χ2n) is 5.93. The van der Waals surface area contributed by atoms with Crippen LogP contribution < -0.4 is 0 Å². The lowest BCUT2D eigenvalue weighted by atomic mass is 10.1. The highest BCUT2D eigenvalue weighted by molar-refractivity contribution is 5.54. The molecule has 1 saturated heterocycles. The second-order valence-corrected chi connectivity index (χ2v) is 5.93. The molecule has 2 heterocycles. The standard InChI is InChI=1S/C16H19F3N4O2/c17-16(18,19)13-3-1-12(2-4-13)15-20-14(25-21-15)11-23-7-5-22(6-8-23)9-10-24/h1-4,24H,5-11H2. The fourth-order valence-electron chi connectivity index (χ4n) is 2.75. The first kappa shape index (κ1) is 17.8. The molecule has 0 saturated carbocycles. The summed E-state index contributed by atoms with van der Waals surface area (Å²) in [5, 5.41) is 12.8. The molecule has 1 fully saturated rings. The first-order chi connectivity index (χ1) is 12.0. The van der Waals surface area contributed by atoms with Crippen LogP contribution in [0.25, 0.3) is 11.4 Å². The van der Waals surface area contributed by atoms with Gasteiger partial charge in [-0.25, -0.2) is 0 Å². The zero-order valence-electron chi connectivity index (χ0n) is 13.5. The fourth-order valence-corrected chi connectivity index (χ4v) is 2.75. The summed E-state index contributed by atoms with van der Waals surface area (Å²) in [6.07, 6.45) is -4.36. The monoisotopic (exact) mass is 356 g/mol. The summed E-state index contributed by atoms with van der Waals surface area (Å²) in [4.78, 5) is 8.61. The number of benzene rings is 1. The van der Waals surface area contributed by atoms with Crippen LogP contribution in [0.1, 0.15) is 11.5 Å². The number of aromatic nitrogens is 2. The molecule has 6 nitrogen and oxygen atoms in total. The highest BCUT2D eigenvalue weighted by Crippen LogP contribution is 2.30. The minimum absolute atomic E-state index is 0.153. The number of β-amino-alcohol motifs (C(OH)–C–C–N with tert-alkyl or cyclic N) is 1. The van der Waals surface area contributed by atoms with Gasteiger partial charge in [-0.2, -0.15) is 18.2 Å². The van der Waals surface area contributed by atoms with Crippen LogP contribution in [0.3, 0.4) is 0 Å². The number of nitrogens with zero attached hydrogens (tertiary/aromatic N) is 4. The van der Waals surface area contributed by atoms with Crippen LogP contribution in [-0.4, -0.2) is 64.4 Å². The average Bonchev–Trinajstić information content (AvgIpc) is 3.05. The molecule has 0 atom stereocenters. The van der Waals surface area contributed by atoms with E-state index < -0.39 is 11.7 Å². The predicted molar refractivity (Wildman–Crippen MR) is 83.5 cm³/mol. The third kappa shape index (κ3) is 4.56. The molecule has 1 aliphatic rings. The minimum atomic E-state index is -4.36. The minimum Gasteiger partial charge on any atom is -0.395 e. The molecule has 0 spiro atoms. The molecular formula is C16H19F3N4O2. The summed E-state index contributed by atoms with van der Waals surface area (Å²) in [6.45, 7) is 4.71. The molecule has 3 rings (SSSR count). The van der Waals surface area contributed by atoms with Crippen molar-refractivity contribution in [3.63, 3.8) is 0 Å². The van der Waals surface area contributed by atoms with Crippen molar-refractivity contribution in [2.24, 2.45) is 0 Å². The maximum atomic E-state index is 12.6. The quantitative estimate of drug-likeness (QED) is 0.882. The SMILES string of the molecule is OCCN1CCN(Cc2nc(-c3ccc(C(F)(F)F)cc3)no2)CC1. The smallest absolute Gasteiger partial charge is 0.395 e. The van der Waals surface area contributed by atoms with E-state index in [-0.39, 0.29) is 12.4 Å². The predicted octanol–water partition coefficient (Wildman–Crippen LogP) is 1.87. The van der Waals surface area contributed by atoms with Crippen LogP contribution in [-0.2, 0) is 12.7 Å². The Labute approximate surface area is 142 Å². The number of aliphatic hydroxyl groups is 1. The van der Waals surface area contributed by atoms with Gasteiger partial charge in [0, 0.05) is 38.3 Å². The molecule has 1 N–H and O–H groups in total. The topological polar surface area (TPSA) is 65.6 Å². The average molecular weight is 356 g/mol. The molecule has 1 aromatic carbocycles. The van der Waals surface area contributed by atoms with Crippen LogP contribution >= 0.6 is 0 Å². The van der Waals surface area contributed by atoms with Crippen LogP contribution in [0.5, 0.6) is 0 Å². The Hall–Kier alpha value is -1.97. The lowest BCUT2D eigenvalue weighted by molar-refractivity contribution is -0.137. The van der Waals surface area contributed by atoms with Crippen LogP contribution in [0.15, 0.2) is 28.8 Å². The Morgan fingerprint density at radius 3 is 2.28 bits per heavy atom. The Balaban J connectivity index is 1.59. The fraction of sp³-hybridized carbons (Fsp3) is 0.500. The first-order valence-electron chi connectivity index (χ1n) is 8.01. The van der Waals surface area contributed by atoms with Gasteiger partial charge in [-0.1, -0.05) is 17.3 Å². The van der Waals surface area contributed by atoms with E-state index in [0.29, 0.717) is 24.5 Å². The summed E-state index contributed by atoms with van der Waals surface area (Å²) in [7, 11) is 0. The van der Waals surface area contributed by atoms with E-state index in [9.17, 15) is 13.2 Å². The number of hydrogen-bond acceptors (Lipinski definition) is 6. The van der Waals surface area contributed by atoms with Gasteiger partial charge in [0.05, 0.1) is 18.7 Å². The molecule has 2 aromatic rings. The number of alkyl halides is 3. The van der Waals surface area contributed by atoms with Gasteiger partial charge in [0.2, 0.25) is 11.7 Å². The lowest BCUT2D eigenvalue weighted by Gasteiger charge is -2.33. The van der Waals surface area contributed by atoms with Crippen LogP contribution in [0.4, 0.5) is 13.2 Å². The Kier molecular flexibility index (Phi) is 5.36. The molecule has 0 amide bonds. The summed E-state index contributed by atoms with van der Waals surface area (Å²) in [5.41, 5.74) is -0.225. The number of hydrogen-bond donors (Lipinski definition) is 1. The normalized spacial score (nSPS) is 17.1. The first-order valence-corrected chi connectivity index (χ1v) is 8.01. The molecule has 0 aliphatic carbocycles. The molecule has 1 aliphatic heterocycles. The summed E-state index contributed by atoms with van der Waals surface area (Å²) >= 11 is 0. The number of rotatable bonds is 5. The lowest BCUT2D eigenvalue weighted by Crippen LogP contribution is -2.46. The van der Waals surface area contributed by atoms with Gasteiger partial charge >= 0.3 is 6.18 Å². The van der Waals surface area contributed by atoms with Crippen molar-refractivity contribution in [2.75, 3.05) is 39.3 Å². The Morgan fingerprint density at radius 1 is 1.04 bits per heavy atom. The molecule has 136 valence electrons. The zero-order valence-corrected chi connectivity index (χ0v) is 13.5. The van der Waals surface area contributed by atoms with E-state index in [1.54, 1.807) is 0 Å². The molecule has 0 radical (unpaired) electrons. The van der Waals surface area contributed by atoms with Gasteiger partial charge in [-0.15, -0.1) is 0 Å². The third-order valence-corrected chi connectivity index (χ3v) is 4.18. The van der Waals surface area contributed by atoms with E-state index in [1.165, 1.54) is 12.1 Å². The molecule has 0 unspecified atom stereocenters. The van der Waals surface area contributed by atoms with Crippen molar-refractivity contribution in [3.05, 3.63) is 35.7 Å². The van der Waals surface area contributed by atoms with Gasteiger partial charge in [0.25, 0.3) is 0 Å². The number of halogens is 3. The zero-order chi connectivity index (χ0) is 17.9. The van der Waals surface area contributed by atoms with Gasteiger partial charge in [-0.05, 0) is 12.1 Å². The van der Waals surface area contributed by atoms with Crippen molar-refractivity contribution in [1.29, 1.82) is 0 Å². The molecule has 1 aromatic heterocycles. The van der Waals surface area contributed by atoms with Crippen molar-refractivity contribution < 1.29 is 22.8 Å². The maximum Gasteiger partial charge on any atom is 0.416 e. The molecule has 25 heavy (non-hydrogen) atoms. The van der Waals surface area contributed by atoms with Gasteiger partial charge in [0.15, 0.2) is 0 Å². The van der Waals surface area contributed by atoms with E-state index in [1.807, 2.05) is 0 Å². The van der Waals surface area contributed by atoms with E-state index in [0.717, 1.165) is 38.3 Å². The van der Waals surface area contributed by atoms with Gasteiger partial charge in [0.1, 0.15) is 0 Å². The van der Waals surface area contributed by atoms with E-state index in [4.69, 9.17) is 9.63 Å². The second kappa shape index (κ2) is 7.51.